The SMILES string of the molecule is OCc1cc(-c2cccnc2)ccc1C(F)(F)F. The lowest BCUT2D eigenvalue weighted by Crippen LogP contribution is -2.09. The third-order valence-electron chi connectivity index (χ3n) is 2.58. The quantitative estimate of drug-likeness (QED) is 0.891. The molecule has 2 rings (SSSR count). The molecule has 0 radical (unpaired) electrons. The zero-order chi connectivity index (χ0) is 13.2. The van der Waals surface area contributed by atoms with E-state index in [1.54, 1.807) is 24.5 Å². The van der Waals surface area contributed by atoms with Crippen LogP contribution in [0.4, 0.5) is 13.2 Å². The average molecular weight is 253 g/mol. The minimum absolute atomic E-state index is 0.135. The molecule has 0 fully saturated rings. The van der Waals surface area contributed by atoms with E-state index in [2.05, 4.69) is 4.98 Å². The summed E-state index contributed by atoms with van der Waals surface area (Å²) in [5, 5.41) is 9.04. The van der Waals surface area contributed by atoms with Crippen LogP contribution in [0.25, 0.3) is 11.1 Å². The fourth-order valence-corrected chi connectivity index (χ4v) is 1.71. The van der Waals surface area contributed by atoms with Crippen LogP contribution in [0.15, 0.2) is 42.7 Å². The monoisotopic (exact) mass is 253 g/mol. The molecule has 18 heavy (non-hydrogen) atoms. The van der Waals surface area contributed by atoms with E-state index in [4.69, 9.17) is 5.11 Å². The van der Waals surface area contributed by atoms with Gasteiger partial charge < -0.3 is 5.11 Å². The lowest BCUT2D eigenvalue weighted by molar-refractivity contribution is -0.138. The zero-order valence-electron chi connectivity index (χ0n) is 9.28. The van der Waals surface area contributed by atoms with Gasteiger partial charge in [-0.3, -0.25) is 4.98 Å². The van der Waals surface area contributed by atoms with E-state index in [0.717, 1.165) is 6.07 Å². The van der Waals surface area contributed by atoms with Crippen molar-refractivity contribution in [3.63, 3.8) is 0 Å². The van der Waals surface area contributed by atoms with Crippen LogP contribution in [0.3, 0.4) is 0 Å². The van der Waals surface area contributed by atoms with Crippen molar-refractivity contribution < 1.29 is 18.3 Å². The number of aliphatic hydroxyl groups excluding tert-OH is 1. The smallest absolute Gasteiger partial charge is 0.392 e. The van der Waals surface area contributed by atoms with E-state index in [1.807, 2.05) is 0 Å². The fourth-order valence-electron chi connectivity index (χ4n) is 1.71. The molecule has 5 heteroatoms. The normalized spacial score (nSPS) is 11.6. The van der Waals surface area contributed by atoms with Gasteiger partial charge in [0.25, 0.3) is 0 Å². The summed E-state index contributed by atoms with van der Waals surface area (Å²) >= 11 is 0. The van der Waals surface area contributed by atoms with Gasteiger partial charge in [-0.1, -0.05) is 12.1 Å². The Morgan fingerprint density at radius 1 is 1.11 bits per heavy atom. The van der Waals surface area contributed by atoms with Crippen LogP contribution in [0, 0.1) is 0 Å². The Morgan fingerprint density at radius 2 is 1.89 bits per heavy atom. The molecule has 0 saturated heterocycles. The first-order chi connectivity index (χ1) is 8.52. The summed E-state index contributed by atoms with van der Waals surface area (Å²) in [4.78, 5) is 3.90. The predicted octanol–water partition coefficient (Wildman–Crippen LogP) is 3.26. The molecule has 2 aromatic rings. The molecule has 0 aliphatic heterocycles. The third-order valence-corrected chi connectivity index (χ3v) is 2.58. The first-order valence-electron chi connectivity index (χ1n) is 5.24. The molecular formula is C13H10F3NO. The number of halogens is 3. The molecule has 0 amide bonds. The summed E-state index contributed by atoms with van der Waals surface area (Å²) in [6, 6.07) is 7.13. The van der Waals surface area contributed by atoms with Gasteiger partial charge >= 0.3 is 6.18 Å². The summed E-state index contributed by atoms with van der Waals surface area (Å²) < 4.78 is 37.9. The van der Waals surface area contributed by atoms with Crippen molar-refractivity contribution in [2.24, 2.45) is 0 Å². The number of hydrogen-bond acceptors (Lipinski definition) is 2. The minimum atomic E-state index is -4.45. The molecule has 0 saturated carbocycles. The highest BCUT2D eigenvalue weighted by atomic mass is 19.4. The lowest BCUT2D eigenvalue weighted by atomic mass is 10.0. The number of benzene rings is 1. The second kappa shape index (κ2) is 4.78. The summed E-state index contributed by atoms with van der Waals surface area (Å²) in [5.74, 6) is 0. The van der Waals surface area contributed by atoms with Crippen LogP contribution < -0.4 is 0 Å². The van der Waals surface area contributed by atoms with Crippen molar-refractivity contribution in [3.05, 3.63) is 53.9 Å². The van der Waals surface area contributed by atoms with Crippen molar-refractivity contribution in [1.29, 1.82) is 0 Å². The predicted molar refractivity (Wildman–Crippen MR) is 60.6 cm³/mol. The van der Waals surface area contributed by atoms with Gasteiger partial charge in [0, 0.05) is 12.4 Å². The zero-order valence-corrected chi connectivity index (χ0v) is 9.28. The summed E-state index contributed by atoms with van der Waals surface area (Å²) in [7, 11) is 0. The average Bonchev–Trinajstić information content (AvgIpc) is 2.38. The number of hydrogen-bond donors (Lipinski definition) is 1. The summed E-state index contributed by atoms with van der Waals surface area (Å²) in [5.41, 5.74) is 0.363. The van der Waals surface area contributed by atoms with Crippen molar-refractivity contribution in [2.45, 2.75) is 12.8 Å². The van der Waals surface area contributed by atoms with Gasteiger partial charge in [0.15, 0.2) is 0 Å². The van der Waals surface area contributed by atoms with Gasteiger partial charge in [0.2, 0.25) is 0 Å². The van der Waals surface area contributed by atoms with Crippen LogP contribution in [0.2, 0.25) is 0 Å². The number of aromatic nitrogens is 1. The van der Waals surface area contributed by atoms with Crippen LogP contribution in [0.1, 0.15) is 11.1 Å². The third kappa shape index (κ3) is 2.51. The van der Waals surface area contributed by atoms with Gasteiger partial charge in [-0.05, 0) is 34.9 Å². The molecule has 1 aromatic heterocycles. The maximum absolute atomic E-state index is 12.6. The number of pyridine rings is 1. The first-order valence-corrected chi connectivity index (χ1v) is 5.24. The van der Waals surface area contributed by atoms with Gasteiger partial charge in [-0.25, -0.2) is 0 Å². The molecule has 1 heterocycles. The van der Waals surface area contributed by atoms with Crippen molar-refractivity contribution in [3.8, 4) is 11.1 Å². The van der Waals surface area contributed by atoms with E-state index in [-0.39, 0.29) is 5.56 Å². The maximum Gasteiger partial charge on any atom is 0.416 e. The van der Waals surface area contributed by atoms with Crippen LogP contribution in [-0.2, 0) is 12.8 Å². The Labute approximate surface area is 102 Å². The molecule has 0 spiro atoms. The molecule has 0 aliphatic rings. The van der Waals surface area contributed by atoms with E-state index in [1.165, 1.54) is 12.1 Å². The highest BCUT2D eigenvalue weighted by Gasteiger charge is 2.33. The van der Waals surface area contributed by atoms with Crippen LogP contribution >= 0.6 is 0 Å². The Bertz CT molecular complexity index is 538. The largest absolute Gasteiger partial charge is 0.416 e. The highest BCUT2D eigenvalue weighted by molar-refractivity contribution is 5.64. The standard InChI is InChI=1S/C13H10F3NO/c14-13(15,16)12-4-3-9(6-11(12)8-18)10-2-1-5-17-7-10/h1-7,18H,8H2. The number of alkyl halides is 3. The van der Waals surface area contributed by atoms with Crippen molar-refractivity contribution >= 4 is 0 Å². The summed E-state index contributed by atoms with van der Waals surface area (Å²) in [6.07, 6.45) is -1.31. The van der Waals surface area contributed by atoms with Crippen LogP contribution in [-0.4, -0.2) is 10.1 Å². The Balaban J connectivity index is 2.49. The fraction of sp³-hybridized carbons (Fsp3) is 0.154. The number of rotatable bonds is 2. The van der Waals surface area contributed by atoms with E-state index < -0.39 is 18.3 Å². The molecule has 94 valence electrons. The molecule has 1 N–H and O–H groups in total. The first kappa shape index (κ1) is 12.6. The second-order valence-corrected chi connectivity index (χ2v) is 3.77. The minimum Gasteiger partial charge on any atom is -0.392 e. The maximum atomic E-state index is 12.6. The molecule has 1 aromatic carbocycles. The van der Waals surface area contributed by atoms with E-state index in [9.17, 15) is 13.2 Å². The van der Waals surface area contributed by atoms with Gasteiger partial charge in [-0.15, -0.1) is 0 Å². The van der Waals surface area contributed by atoms with Crippen molar-refractivity contribution in [1.82, 2.24) is 4.98 Å². The van der Waals surface area contributed by atoms with E-state index in [0.29, 0.717) is 11.1 Å². The Kier molecular flexibility index (Phi) is 3.34. The number of aliphatic hydroxyl groups is 1. The second-order valence-electron chi connectivity index (χ2n) is 3.77. The van der Waals surface area contributed by atoms with Gasteiger partial charge in [0.1, 0.15) is 0 Å². The molecular weight excluding hydrogens is 243 g/mol. The summed E-state index contributed by atoms with van der Waals surface area (Å²) in [6.45, 7) is -0.650. The molecule has 2 nitrogen and oxygen atoms in total. The highest BCUT2D eigenvalue weighted by Crippen LogP contribution is 2.34. The van der Waals surface area contributed by atoms with Crippen molar-refractivity contribution in [2.75, 3.05) is 0 Å². The molecule has 0 atom stereocenters. The van der Waals surface area contributed by atoms with E-state index >= 15 is 0 Å². The Morgan fingerprint density at radius 3 is 2.44 bits per heavy atom. The van der Waals surface area contributed by atoms with Gasteiger partial charge in [0.05, 0.1) is 12.2 Å². The van der Waals surface area contributed by atoms with Gasteiger partial charge in [-0.2, -0.15) is 13.2 Å². The number of nitrogens with zero attached hydrogens (tertiary/aromatic N) is 1. The van der Waals surface area contributed by atoms with Crippen LogP contribution in [0.5, 0.6) is 0 Å². The lowest BCUT2D eigenvalue weighted by Gasteiger charge is -2.12. The topological polar surface area (TPSA) is 33.1 Å². The molecule has 0 aliphatic carbocycles. The Hall–Kier alpha value is -1.88. The molecule has 0 bridgehead atoms. The molecule has 0 unspecified atom stereocenters.